The molecule has 0 bridgehead atoms. The Morgan fingerprint density at radius 2 is 1.76 bits per heavy atom. The molecular formula is C22H29ClN4O2+2. The maximum Gasteiger partial charge on any atom is 0.279 e. The molecule has 7 heteroatoms. The van der Waals surface area contributed by atoms with E-state index in [0.29, 0.717) is 10.7 Å². The number of amides is 2. The van der Waals surface area contributed by atoms with Crippen molar-refractivity contribution in [2.24, 2.45) is 0 Å². The Bertz CT molecular complexity index is 813. The van der Waals surface area contributed by atoms with Crippen molar-refractivity contribution in [3.05, 3.63) is 65.2 Å². The van der Waals surface area contributed by atoms with Crippen molar-refractivity contribution in [3.8, 4) is 0 Å². The minimum Gasteiger partial charge on any atom is -0.343 e. The van der Waals surface area contributed by atoms with E-state index < -0.39 is 0 Å². The van der Waals surface area contributed by atoms with Gasteiger partial charge in [0, 0.05) is 22.7 Å². The fourth-order valence-electron chi connectivity index (χ4n) is 3.73. The number of halogens is 1. The number of hydrogen-bond donors (Lipinski definition) is 4. The van der Waals surface area contributed by atoms with Crippen LogP contribution in [-0.2, 0) is 16.1 Å². The van der Waals surface area contributed by atoms with Crippen molar-refractivity contribution in [3.63, 3.8) is 0 Å². The number of carbonyl (C=O) groups is 2. The molecule has 0 aliphatic carbocycles. The van der Waals surface area contributed by atoms with Crippen LogP contribution in [0.25, 0.3) is 0 Å². The molecule has 3 rings (SSSR count). The Kier molecular flexibility index (Phi) is 7.63. The molecule has 4 N–H and O–H groups in total. The van der Waals surface area contributed by atoms with Crippen LogP contribution >= 0.6 is 11.6 Å². The first-order chi connectivity index (χ1) is 14.0. The van der Waals surface area contributed by atoms with Crippen LogP contribution in [0, 0.1) is 0 Å². The number of benzene rings is 2. The van der Waals surface area contributed by atoms with Crippen LogP contribution in [0.15, 0.2) is 54.6 Å². The van der Waals surface area contributed by atoms with Crippen molar-refractivity contribution in [2.75, 3.05) is 38.5 Å². The van der Waals surface area contributed by atoms with Crippen molar-refractivity contribution in [1.29, 1.82) is 0 Å². The fourth-order valence-corrected chi connectivity index (χ4v) is 3.85. The van der Waals surface area contributed by atoms with Gasteiger partial charge in [0.25, 0.3) is 11.8 Å². The minimum absolute atomic E-state index is 0.00671. The molecule has 2 amide bonds. The van der Waals surface area contributed by atoms with Crippen molar-refractivity contribution >= 4 is 29.1 Å². The lowest BCUT2D eigenvalue weighted by Crippen LogP contribution is -3.11. The van der Waals surface area contributed by atoms with E-state index in [1.54, 1.807) is 24.3 Å². The van der Waals surface area contributed by atoms with E-state index in [9.17, 15) is 9.59 Å². The third-order valence-corrected chi connectivity index (χ3v) is 5.35. The summed E-state index contributed by atoms with van der Waals surface area (Å²) < 4.78 is 0. The highest BCUT2D eigenvalue weighted by molar-refractivity contribution is 6.30. The van der Waals surface area contributed by atoms with Crippen LogP contribution in [0.3, 0.4) is 0 Å². The Morgan fingerprint density at radius 3 is 2.48 bits per heavy atom. The monoisotopic (exact) mass is 416 g/mol. The average Bonchev–Trinajstić information content (AvgIpc) is 3.10. The summed E-state index contributed by atoms with van der Waals surface area (Å²) in [5.41, 5.74) is 2.02. The van der Waals surface area contributed by atoms with Gasteiger partial charge in [0.15, 0.2) is 13.1 Å². The van der Waals surface area contributed by atoms with Gasteiger partial charge in [-0.25, -0.2) is 0 Å². The molecular weight excluding hydrogens is 388 g/mol. The van der Waals surface area contributed by atoms with Crippen molar-refractivity contribution in [1.82, 2.24) is 5.32 Å². The molecule has 2 aromatic carbocycles. The van der Waals surface area contributed by atoms with E-state index in [-0.39, 0.29) is 30.9 Å². The fraction of sp³-hybridized carbons (Fsp3) is 0.364. The van der Waals surface area contributed by atoms with Gasteiger partial charge in [0.05, 0.1) is 26.2 Å². The third-order valence-electron chi connectivity index (χ3n) is 5.10. The van der Waals surface area contributed by atoms with E-state index in [1.807, 2.05) is 13.1 Å². The summed E-state index contributed by atoms with van der Waals surface area (Å²) in [6, 6.07) is 17.6. The van der Waals surface area contributed by atoms with Gasteiger partial charge in [-0.05, 0) is 24.3 Å². The lowest BCUT2D eigenvalue weighted by Gasteiger charge is -2.16. The molecule has 1 aliphatic heterocycles. The first kappa shape index (κ1) is 21.3. The molecule has 0 aromatic heterocycles. The van der Waals surface area contributed by atoms with E-state index in [2.05, 4.69) is 34.9 Å². The molecule has 0 spiro atoms. The number of quaternary nitrogens is 2. The summed E-state index contributed by atoms with van der Waals surface area (Å²) >= 11 is 5.85. The van der Waals surface area contributed by atoms with Crippen molar-refractivity contribution in [2.45, 2.75) is 19.0 Å². The standard InChI is InChI=1S/C22H27ClN4O2/c1-26(15-21(28)24-19-9-7-18(23)8-10-19)16-22(29)25-20-11-12-27(14-20)13-17-5-3-2-4-6-17/h2-10,20H,11-16H2,1H3,(H,24,28)(H,25,29)/p+2/t20-/m1/s1. The van der Waals surface area contributed by atoms with Crippen LogP contribution in [0.2, 0.25) is 5.02 Å². The molecule has 2 unspecified atom stereocenters. The molecule has 6 nitrogen and oxygen atoms in total. The highest BCUT2D eigenvalue weighted by Crippen LogP contribution is 2.12. The van der Waals surface area contributed by atoms with E-state index in [0.717, 1.165) is 31.0 Å². The lowest BCUT2D eigenvalue weighted by molar-refractivity contribution is -0.901. The number of likely N-dealkylation sites (N-methyl/N-ethyl adjacent to an activating group) is 1. The predicted molar refractivity (Wildman–Crippen MR) is 114 cm³/mol. The maximum atomic E-state index is 12.4. The smallest absolute Gasteiger partial charge is 0.279 e. The number of nitrogens with one attached hydrogen (secondary N) is 4. The van der Waals surface area contributed by atoms with Gasteiger partial charge in [-0.1, -0.05) is 41.9 Å². The largest absolute Gasteiger partial charge is 0.343 e. The van der Waals surface area contributed by atoms with Gasteiger partial charge in [-0.15, -0.1) is 0 Å². The second-order valence-electron chi connectivity index (χ2n) is 7.79. The third kappa shape index (κ3) is 7.16. The molecule has 1 heterocycles. The Morgan fingerprint density at radius 1 is 1.07 bits per heavy atom. The van der Waals surface area contributed by atoms with Gasteiger partial charge in [-0.2, -0.15) is 0 Å². The van der Waals surface area contributed by atoms with E-state index in [1.165, 1.54) is 10.5 Å². The molecule has 0 radical (unpaired) electrons. The summed E-state index contributed by atoms with van der Waals surface area (Å²) in [6.45, 7) is 3.50. The summed E-state index contributed by atoms with van der Waals surface area (Å²) in [7, 11) is 1.85. The van der Waals surface area contributed by atoms with Gasteiger partial charge >= 0.3 is 0 Å². The summed E-state index contributed by atoms with van der Waals surface area (Å²) in [6.07, 6.45) is 0.990. The predicted octanol–water partition coefficient (Wildman–Crippen LogP) is -0.233. The molecule has 1 saturated heterocycles. The zero-order chi connectivity index (χ0) is 20.6. The normalized spacial score (nSPS) is 19.5. The van der Waals surface area contributed by atoms with Gasteiger partial charge in [0.2, 0.25) is 0 Å². The Labute approximate surface area is 176 Å². The zero-order valence-electron chi connectivity index (χ0n) is 16.7. The Balaban J connectivity index is 1.36. The van der Waals surface area contributed by atoms with E-state index >= 15 is 0 Å². The van der Waals surface area contributed by atoms with Gasteiger partial charge < -0.3 is 20.4 Å². The molecule has 1 aliphatic rings. The quantitative estimate of drug-likeness (QED) is 0.480. The van der Waals surface area contributed by atoms with Gasteiger partial charge in [-0.3, -0.25) is 9.59 Å². The summed E-state index contributed by atoms with van der Waals surface area (Å²) in [5.74, 6) is -0.135. The molecule has 0 saturated carbocycles. The molecule has 2 aromatic rings. The van der Waals surface area contributed by atoms with E-state index in [4.69, 9.17) is 11.6 Å². The van der Waals surface area contributed by atoms with Crippen LogP contribution < -0.4 is 20.4 Å². The number of rotatable bonds is 8. The number of hydrogen-bond acceptors (Lipinski definition) is 2. The SMILES string of the molecule is C[NH+](CC(=O)Nc1ccc(Cl)cc1)CC(=O)N[C@@H]1CC[NH+](Cc2ccccc2)C1. The first-order valence-electron chi connectivity index (χ1n) is 10.0. The highest BCUT2D eigenvalue weighted by Gasteiger charge is 2.28. The summed E-state index contributed by atoms with van der Waals surface area (Å²) in [4.78, 5) is 26.9. The minimum atomic E-state index is -0.128. The number of anilines is 1. The maximum absolute atomic E-state index is 12.4. The molecule has 154 valence electrons. The highest BCUT2D eigenvalue weighted by atomic mass is 35.5. The van der Waals surface area contributed by atoms with Crippen molar-refractivity contribution < 1.29 is 19.4 Å². The lowest BCUT2D eigenvalue weighted by atomic mass is 10.2. The van der Waals surface area contributed by atoms with Crippen LogP contribution in [-0.4, -0.2) is 51.1 Å². The second kappa shape index (κ2) is 10.4. The summed E-state index contributed by atoms with van der Waals surface area (Å²) in [5, 5.41) is 6.57. The first-order valence-corrected chi connectivity index (χ1v) is 10.4. The molecule has 29 heavy (non-hydrogen) atoms. The van der Waals surface area contributed by atoms with Crippen LogP contribution in [0.5, 0.6) is 0 Å². The molecule has 1 fully saturated rings. The number of carbonyl (C=O) groups excluding carboxylic acids is 2. The second-order valence-corrected chi connectivity index (χ2v) is 8.22. The average molecular weight is 417 g/mol. The topological polar surface area (TPSA) is 67.1 Å². The van der Waals surface area contributed by atoms with Crippen LogP contribution in [0.1, 0.15) is 12.0 Å². The van der Waals surface area contributed by atoms with Gasteiger partial charge in [0.1, 0.15) is 6.54 Å². The zero-order valence-corrected chi connectivity index (χ0v) is 17.5. The molecule has 3 atom stereocenters. The number of likely N-dealkylation sites (tertiary alicyclic amines) is 1. The Hall–Kier alpha value is -2.41. The van der Waals surface area contributed by atoms with Crippen LogP contribution in [0.4, 0.5) is 5.69 Å².